The first-order valence-corrected chi connectivity index (χ1v) is 6.08. The highest BCUT2D eigenvalue weighted by molar-refractivity contribution is 5.52. The molecule has 2 aromatic rings. The van der Waals surface area contributed by atoms with Crippen LogP contribution < -0.4 is 5.32 Å². The summed E-state index contributed by atoms with van der Waals surface area (Å²) in [5.74, 6) is 0.452. The molecule has 0 bridgehead atoms. The van der Waals surface area contributed by atoms with Gasteiger partial charge in [-0.2, -0.15) is 18.0 Å². The third-order valence-corrected chi connectivity index (χ3v) is 2.62. The van der Waals surface area contributed by atoms with Gasteiger partial charge in [0.1, 0.15) is 0 Å². The van der Waals surface area contributed by atoms with E-state index < -0.39 is 12.7 Å². The zero-order valence-corrected chi connectivity index (χ0v) is 10.8. The number of hydrogen-bond donors (Lipinski definition) is 1. The van der Waals surface area contributed by atoms with E-state index in [1.54, 1.807) is 6.92 Å². The van der Waals surface area contributed by atoms with Gasteiger partial charge in [0.15, 0.2) is 0 Å². The molecule has 1 atom stereocenters. The monoisotopic (exact) mass is 285 g/mol. The molecule has 0 aliphatic carbocycles. The van der Waals surface area contributed by atoms with Gasteiger partial charge in [0.05, 0.1) is 12.6 Å². The Labute approximate surface area is 113 Å². The minimum atomic E-state index is -4.22. The van der Waals surface area contributed by atoms with Crippen molar-refractivity contribution in [3.8, 4) is 11.4 Å². The second kappa shape index (κ2) is 6.00. The number of tetrazole rings is 1. The van der Waals surface area contributed by atoms with Gasteiger partial charge in [-0.15, -0.1) is 10.2 Å². The fourth-order valence-electron chi connectivity index (χ4n) is 1.62. The SMILES string of the molecule is CC(CNCC(F)(F)F)n1nnc(-c2ccccc2)n1. The van der Waals surface area contributed by atoms with Crippen molar-refractivity contribution >= 4 is 0 Å². The van der Waals surface area contributed by atoms with Crippen molar-refractivity contribution < 1.29 is 13.2 Å². The van der Waals surface area contributed by atoms with Gasteiger partial charge < -0.3 is 5.32 Å². The van der Waals surface area contributed by atoms with Crippen LogP contribution in [0.25, 0.3) is 11.4 Å². The third kappa shape index (κ3) is 4.02. The average molecular weight is 285 g/mol. The molecule has 0 saturated carbocycles. The van der Waals surface area contributed by atoms with E-state index in [-0.39, 0.29) is 12.6 Å². The molecular formula is C12H14F3N5. The van der Waals surface area contributed by atoms with Gasteiger partial charge in [-0.3, -0.25) is 0 Å². The van der Waals surface area contributed by atoms with E-state index in [1.807, 2.05) is 30.3 Å². The van der Waals surface area contributed by atoms with Crippen LogP contribution >= 0.6 is 0 Å². The van der Waals surface area contributed by atoms with Crippen LogP contribution in [0.1, 0.15) is 13.0 Å². The fraction of sp³-hybridized carbons (Fsp3) is 0.417. The van der Waals surface area contributed by atoms with E-state index in [2.05, 4.69) is 20.7 Å². The van der Waals surface area contributed by atoms with Gasteiger partial charge >= 0.3 is 6.18 Å². The lowest BCUT2D eigenvalue weighted by Gasteiger charge is -2.12. The Morgan fingerprint density at radius 2 is 1.95 bits per heavy atom. The molecule has 0 radical (unpaired) electrons. The summed E-state index contributed by atoms with van der Waals surface area (Å²) in [4.78, 5) is 1.31. The molecule has 5 nitrogen and oxygen atoms in total. The lowest BCUT2D eigenvalue weighted by molar-refractivity contribution is -0.125. The molecular weight excluding hydrogens is 271 g/mol. The van der Waals surface area contributed by atoms with Gasteiger partial charge in [-0.1, -0.05) is 30.3 Å². The molecule has 8 heteroatoms. The average Bonchev–Trinajstić information content (AvgIpc) is 2.88. The molecule has 1 heterocycles. The number of rotatable bonds is 5. The number of halogens is 3. The van der Waals surface area contributed by atoms with E-state index in [0.717, 1.165) is 5.56 Å². The minimum absolute atomic E-state index is 0.115. The second-order valence-corrected chi connectivity index (χ2v) is 4.39. The summed E-state index contributed by atoms with van der Waals surface area (Å²) in [5, 5.41) is 14.2. The fourth-order valence-corrected chi connectivity index (χ4v) is 1.62. The molecule has 0 spiro atoms. The highest BCUT2D eigenvalue weighted by Gasteiger charge is 2.26. The van der Waals surface area contributed by atoms with Gasteiger partial charge in [-0.25, -0.2) is 0 Å². The normalized spacial score (nSPS) is 13.4. The quantitative estimate of drug-likeness (QED) is 0.913. The third-order valence-electron chi connectivity index (χ3n) is 2.62. The summed E-state index contributed by atoms with van der Waals surface area (Å²) < 4.78 is 36.1. The number of benzene rings is 1. The van der Waals surface area contributed by atoms with Crippen molar-refractivity contribution in [2.75, 3.05) is 13.1 Å². The highest BCUT2D eigenvalue weighted by Crippen LogP contribution is 2.14. The smallest absolute Gasteiger partial charge is 0.306 e. The summed E-state index contributed by atoms with van der Waals surface area (Å²) >= 11 is 0. The van der Waals surface area contributed by atoms with Crippen LogP contribution in [0.5, 0.6) is 0 Å². The number of hydrogen-bond acceptors (Lipinski definition) is 4. The zero-order valence-electron chi connectivity index (χ0n) is 10.8. The summed E-state index contributed by atoms with van der Waals surface area (Å²) in [5.41, 5.74) is 0.814. The van der Waals surface area contributed by atoms with Gasteiger partial charge in [-0.05, 0) is 12.1 Å². The van der Waals surface area contributed by atoms with Crippen molar-refractivity contribution in [3.05, 3.63) is 30.3 Å². The van der Waals surface area contributed by atoms with E-state index in [1.165, 1.54) is 4.80 Å². The Bertz CT molecular complexity index is 538. The molecule has 2 rings (SSSR count). The molecule has 0 amide bonds. The van der Waals surface area contributed by atoms with E-state index in [0.29, 0.717) is 5.82 Å². The zero-order chi connectivity index (χ0) is 14.6. The maximum atomic E-state index is 12.0. The van der Waals surface area contributed by atoms with Crippen LogP contribution in [0, 0.1) is 0 Å². The van der Waals surface area contributed by atoms with Gasteiger partial charge in [0.2, 0.25) is 5.82 Å². The first kappa shape index (κ1) is 14.4. The van der Waals surface area contributed by atoms with Crippen molar-refractivity contribution in [2.24, 2.45) is 0 Å². The Morgan fingerprint density at radius 3 is 2.60 bits per heavy atom. The maximum absolute atomic E-state index is 12.0. The summed E-state index contributed by atoms with van der Waals surface area (Å²) in [7, 11) is 0. The molecule has 0 fully saturated rings. The number of aromatic nitrogens is 4. The van der Waals surface area contributed by atoms with Crippen LogP contribution in [0.15, 0.2) is 30.3 Å². The molecule has 1 aromatic heterocycles. The number of nitrogens with zero attached hydrogens (tertiary/aromatic N) is 4. The van der Waals surface area contributed by atoms with E-state index in [4.69, 9.17) is 0 Å². The number of nitrogens with one attached hydrogen (secondary N) is 1. The molecule has 1 aromatic carbocycles. The van der Waals surface area contributed by atoms with Crippen molar-refractivity contribution in [1.29, 1.82) is 0 Å². The van der Waals surface area contributed by atoms with Gasteiger partial charge in [0.25, 0.3) is 0 Å². The molecule has 0 aliphatic heterocycles. The van der Waals surface area contributed by atoms with Crippen LogP contribution in [0.4, 0.5) is 13.2 Å². The van der Waals surface area contributed by atoms with Crippen LogP contribution in [0.2, 0.25) is 0 Å². The first-order chi connectivity index (χ1) is 9.46. The Morgan fingerprint density at radius 1 is 1.25 bits per heavy atom. The van der Waals surface area contributed by atoms with Crippen LogP contribution in [0.3, 0.4) is 0 Å². The molecule has 20 heavy (non-hydrogen) atoms. The van der Waals surface area contributed by atoms with Crippen molar-refractivity contribution in [3.63, 3.8) is 0 Å². The summed E-state index contributed by atoms with van der Waals surface area (Å²) in [6, 6.07) is 8.94. The largest absolute Gasteiger partial charge is 0.401 e. The van der Waals surface area contributed by atoms with Gasteiger partial charge in [0, 0.05) is 12.1 Å². The standard InChI is InChI=1S/C12H14F3N5/c1-9(7-16-8-12(13,14)15)20-18-11(17-19-20)10-5-3-2-4-6-10/h2-6,9,16H,7-8H2,1H3. The number of alkyl halides is 3. The molecule has 1 unspecified atom stereocenters. The molecule has 108 valence electrons. The Hall–Kier alpha value is -1.96. The topological polar surface area (TPSA) is 55.6 Å². The van der Waals surface area contributed by atoms with Crippen LogP contribution in [-0.2, 0) is 0 Å². The van der Waals surface area contributed by atoms with Crippen molar-refractivity contribution in [1.82, 2.24) is 25.5 Å². The second-order valence-electron chi connectivity index (χ2n) is 4.39. The van der Waals surface area contributed by atoms with E-state index >= 15 is 0 Å². The predicted molar refractivity (Wildman–Crippen MR) is 66.9 cm³/mol. The maximum Gasteiger partial charge on any atom is 0.401 e. The predicted octanol–water partition coefficient (Wildman–Crippen LogP) is 2.05. The minimum Gasteiger partial charge on any atom is -0.306 e. The highest BCUT2D eigenvalue weighted by atomic mass is 19.4. The Kier molecular flexibility index (Phi) is 4.33. The molecule has 0 aliphatic rings. The van der Waals surface area contributed by atoms with Crippen molar-refractivity contribution in [2.45, 2.75) is 19.1 Å². The molecule has 1 N–H and O–H groups in total. The first-order valence-electron chi connectivity index (χ1n) is 6.08. The van der Waals surface area contributed by atoms with Crippen LogP contribution in [-0.4, -0.2) is 39.5 Å². The lowest BCUT2D eigenvalue weighted by Crippen LogP contribution is -2.33. The summed E-state index contributed by atoms with van der Waals surface area (Å²) in [6.45, 7) is 0.807. The molecule has 0 saturated heterocycles. The van der Waals surface area contributed by atoms with E-state index in [9.17, 15) is 13.2 Å². The Balaban J connectivity index is 1.95. The lowest BCUT2D eigenvalue weighted by atomic mass is 10.2. The summed E-state index contributed by atoms with van der Waals surface area (Å²) in [6.07, 6.45) is -4.22.